The summed E-state index contributed by atoms with van der Waals surface area (Å²) in [6.45, 7) is 0.511. The van der Waals surface area contributed by atoms with Gasteiger partial charge in [0.2, 0.25) is 0 Å². The molecule has 0 atom stereocenters. The molecule has 0 spiro atoms. The van der Waals surface area contributed by atoms with E-state index in [4.69, 9.17) is 16.2 Å². The van der Waals surface area contributed by atoms with Crippen LogP contribution in [0.2, 0.25) is 0 Å². The standard InChI is InChI=1S/C8H12N2O.ClH/c1-11-5-6-4-7(9)2-3-8(6)10;/h2-4H,5,9-10H2,1H3;1H. The Hall–Kier alpha value is -0.930. The number of ether oxygens (including phenoxy) is 1. The summed E-state index contributed by atoms with van der Waals surface area (Å²) in [4.78, 5) is 0. The van der Waals surface area contributed by atoms with Crippen molar-refractivity contribution in [2.75, 3.05) is 18.6 Å². The first-order chi connectivity index (χ1) is 5.24. The molecule has 0 fully saturated rings. The maximum atomic E-state index is 5.64. The second-order valence-electron chi connectivity index (χ2n) is 2.39. The van der Waals surface area contributed by atoms with Gasteiger partial charge in [-0.15, -0.1) is 12.4 Å². The van der Waals surface area contributed by atoms with Crippen LogP contribution in [0, 0.1) is 0 Å². The predicted octanol–water partition coefficient (Wildman–Crippen LogP) is 1.42. The zero-order valence-corrected chi connectivity index (χ0v) is 7.73. The van der Waals surface area contributed by atoms with Crippen LogP contribution in [-0.2, 0) is 11.3 Å². The second-order valence-corrected chi connectivity index (χ2v) is 2.39. The highest BCUT2D eigenvalue weighted by Gasteiger charge is 1.97. The lowest BCUT2D eigenvalue weighted by atomic mass is 10.2. The van der Waals surface area contributed by atoms with Crippen molar-refractivity contribution >= 4 is 23.8 Å². The first-order valence-corrected chi connectivity index (χ1v) is 3.37. The van der Waals surface area contributed by atoms with Crippen molar-refractivity contribution in [2.45, 2.75) is 6.61 Å². The molecular formula is C8H13ClN2O. The molecule has 0 unspecified atom stereocenters. The van der Waals surface area contributed by atoms with Gasteiger partial charge in [0, 0.05) is 24.0 Å². The monoisotopic (exact) mass is 188 g/mol. The van der Waals surface area contributed by atoms with E-state index in [0.717, 1.165) is 11.3 Å². The summed E-state index contributed by atoms with van der Waals surface area (Å²) in [5.41, 5.74) is 13.6. The van der Waals surface area contributed by atoms with E-state index in [1.807, 2.05) is 6.07 Å². The third kappa shape index (κ3) is 2.60. The summed E-state index contributed by atoms with van der Waals surface area (Å²) in [5, 5.41) is 0. The highest BCUT2D eigenvalue weighted by Crippen LogP contribution is 2.15. The number of halogens is 1. The Kier molecular flexibility index (Phi) is 4.47. The number of nitrogen functional groups attached to an aromatic ring is 2. The van der Waals surface area contributed by atoms with Gasteiger partial charge in [-0.2, -0.15) is 0 Å². The van der Waals surface area contributed by atoms with Crippen LogP contribution in [0.3, 0.4) is 0 Å². The summed E-state index contributed by atoms with van der Waals surface area (Å²) in [7, 11) is 1.63. The average Bonchev–Trinajstić information content (AvgIpc) is 1.98. The summed E-state index contributed by atoms with van der Waals surface area (Å²) >= 11 is 0. The van der Waals surface area contributed by atoms with Crippen molar-refractivity contribution in [1.29, 1.82) is 0 Å². The van der Waals surface area contributed by atoms with Gasteiger partial charge >= 0.3 is 0 Å². The van der Waals surface area contributed by atoms with E-state index in [-0.39, 0.29) is 12.4 Å². The van der Waals surface area contributed by atoms with Crippen molar-refractivity contribution in [3.63, 3.8) is 0 Å². The third-order valence-electron chi connectivity index (χ3n) is 1.47. The molecule has 0 saturated heterocycles. The fraction of sp³-hybridized carbons (Fsp3) is 0.250. The minimum atomic E-state index is 0. The molecule has 0 saturated carbocycles. The largest absolute Gasteiger partial charge is 0.399 e. The Balaban J connectivity index is 0.00000121. The molecule has 0 heterocycles. The van der Waals surface area contributed by atoms with Crippen LogP contribution < -0.4 is 11.5 Å². The van der Waals surface area contributed by atoms with Crippen molar-refractivity contribution in [1.82, 2.24) is 0 Å². The number of anilines is 2. The van der Waals surface area contributed by atoms with Gasteiger partial charge in [-0.05, 0) is 18.2 Å². The minimum absolute atomic E-state index is 0. The fourth-order valence-corrected chi connectivity index (χ4v) is 0.906. The van der Waals surface area contributed by atoms with Crippen LogP contribution in [-0.4, -0.2) is 7.11 Å². The molecule has 0 aromatic heterocycles. The maximum Gasteiger partial charge on any atom is 0.0733 e. The molecule has 0 aliphatic rings. The molecule has 0 bridgehead atoms. The normalized spacial score (nSPS) is 9.08. The topological polar surface area (TPSA) is 61.3 Å². The summed E-state index contributed by atoms with van der Waals surface area (Å²) < 4.78 is 4.93. The van der Waals surface area contributed by atoms with E-state index >= 15 is 0 Å². The number of nitrogens with two attached hydrogens (primary N) is 2. The van der Waals surface area contributed by atoms with Crippen LogP contribution in [0.1, 0.15) is 5.56 Å². The molecule has 1 aromatic carbocycles. The Labute approximate surface area is 78.1 Å². The van der Waals surface area contributed by atoms with E-state index in [9.17, 15) is 0 Å². The van der Waals surface area contributed by atoms with Crippen LogP contribution in [0.5, 0.6) is 0 Å². The third-order valence-corrected chi connectivity index (χ3v) is 1.47. The van der Waals surface area contributed by atoms with Crippen molar-refractivity contribution in [2.24, 2.45) is 0 Å². The van der Waals surface area contributed by atoms with Gasteiger partial charge in [0.25, 0.3) is 0 Å². The molecular weight excluding hydrogens is 176 g/mol. The van der Waals surface area contributed by atoms with E-state index in [0.29, 0.717) is 12.3 Å². The maximum absolute atomic E-state index is 5.64. The van der Waals surface area contributed by atoms with Crippen molar-refractivity contribution in [3.8, 4) is 0 Å². The number of hydrogen-bond donors (Lipinski definition) is 2. The molecule has 3 nitrogen and oxygen atoms in total. The van der Waals surface area contributed by atoms with Gasteiger partial charge < -0.3 is 16.2 Å². The number of benzene rings is 1. The Morgan fingerprint density at radius 2 is 2.00 bits per heavy atom. The Morgan fingerprint density at radius 1 is 1.33 bits per heavy atom. The molecule has 0 aliphatic heterocycles. The van der Waals surface area contributed by atoms with E-state index < -0.39 is 0 Å². The Morgan fingerprint density at radius 3 is 2.58 bits per heavy atom. The molecule has 4 heteroatoms. The van der Waals surface area contributed by atoms with Crippen LogP contribution in [0.4, 0.5) is 11.4 Å². The quantitative estimate of drug-likeness (QED) is 0.691. The van der Waals surface area contributed by atoms with Gasteiger partial charge in [-0.1, -0.05) is 0 Å². The van der Waals surface area contributed by atoms with Gasteiger partial charge in [0.05, 0.1) is 6.61 Å². The number of methoxy groups -OCH3 is 1. The zero-order valence-electron chi connectivity index (χ0n) is 6.91. The number of hydrogen-bond acceptors (Lipinski definition) is 3. The molecule has 1 aromatic rings. The second kappa shape index (κ2) is 4.85. The molecule has 0 radical (unpaired) electrons. The molecule has 0 amide bonds. The lowest BCUT2D eigenvalue weighted by molar-refractivity contribution is 0.185. The zero-order chi connectivity index (χ0) is 8.27. The van der Waals surface area contributed by atoms with E-state index in [2.05, 4.69) is 0 Å². The highest BCUT2D eigenvalue weighted by atomic mass is 35.5. The van der Waals surface area contributed by atoms with Crippen LogP contribution >= 0.6 is 12.4 Å². The van der Waals surface area contributed by atoms with Gasteiger partial charge in [-0.3, -0.25) is 0 Å². The minimum Gasteiger partial charge on any atom is -0.399 e. The van der Waals surface area contributed by atoms with E-state index in [1.165, 1.54) is 0 Å². The summed E-state index contributed by atoms with van der Waals surface area (Å²) in [6.07, 6.45) is 0. The van der Waals surface area contributed by atoms with E-state index in [1.54, 1.807) is 19.2 Å². The SMILES string of the molecule is COCc1cc(N)ccc1N.Cl. The fourth-order valence-electron chi connectivity index (χ4n) is 0.906. The van der Waals surface area contributed by atoms with Crippen LogP contribution in [0.25, 0.3) is 0 Å². The first-order valence-electron chi connectivity index (χ1n) is 3.37. The van der Waals surface area contributed by atoms with Crippen LogP contribution in [0.15, 0.2) is 18.2 Å². The Bertz CT molecular complexity index is 253. The first kappa shape index (κ1) is 11.1. The predicted molar refractivity (Wildman–Crippen MR) is 53.2 cm³/mol. The average molecular weight is 189 g/mol. The summed E-state index contributed by atoms with van der Waals surface area (Å²) in [5.74, 6) is 0. The van der Waals surface area contributed by atoms with Gasteiger partial charge in [0.15, 0.2) is 0 Å². The smallest absolute Gasteiger partial charge is 0.0733 e. The molecule has 68 valence electrons. The molecule has 1 rings (SSSR count). The van der Waals surface area contributed by atoms with Crippen molar-refractivity contribution in [3.05, 3.63) is 23.8 Å². The molecule has 0 aliphatic carbocycles. The molecule has 12 heavy (non-hydrogen) atoms. The summed E-state index contributed by atoms with van der Waals surface area (Å²) in [6, 6.07) is 5.37. The lowest BCUT2D eigenvalue weighted by Gasteiger charge is -2.04. The number of rotatable bonds is 2. The lowest BCUT2D eigenvalue weighted by Crippen LogP contribution is -1.97. The van der Waals surface area contributed by atoms with Gasteiger partial charge in [0.1, 0.15) is 0 Å². The molecule has 4 N–H and O–H groups in total. The highest BCUT2D eigenvalue weighted by molar-refractivity contribution is 5.85. The van der Waals surface area contributed by atoms with Crippen molar-refractivity contribution < 1.29 is 4.74 Å². The van der Waals surface area contributed by atoms with Gasteiger partial charge in [-0.25, -0.2) is 0 Å².